The van der Waals surface area contributed by atoms with Crippen LogP contribution in [0.25, 0.3) is 0 Å². The second-order valence-electron chi connectivity index (χ2n) is 4.29. The smallest absolute Gasteiger partial charge is 0.174 e. The van der Waals surface area contributed by atoms with E-state index >= 15 is 0 Å². The minimum atomic E-state index is -0.270. The second-order valence-corrected chi connectivity index (χ2v) is 4.29. The fraction of sp³-hybridized carbons (Fsp3) is 0.133. The van der Waals surface area contributed by atoms with E-state index in [9.17, 15) is 9.90 Å². The lowest BCUT2D eigenvalue weighted by molar-refractivity contribution is 0.0845. The van der Waals surface area contributed by atoms with Crippen molar-refractivity contribution in [3.05, 3.63) is 59.7 Å². The number of ketones is 1. The van der Waals surface area contributed by atoms with E-state index in [4.69, 9.17) is 4.74 Å². The lowest BCUT2D eigenvalue weighted by Crippen LogP contribution is -2.20. The molecule has 1 heterocycles. The maximum Gasteiger partial charge on any atom is 0.174 e. The number of fused-ring (bicyclic) bond motifs is 1. The highest BCUT2D eigenvalue weighted by Gasteiger charge is 2.29. The van der Waals surface area contributed by atoms with Crippen LogP contribution in [0.4, 0.5) is 0 Å². The van der Waals surface area contributed by atoms with Crippen LogP contribution < -0.4 is 4.74 Å². The summed E-state index contributed by atoms with van der Waals surface area (Å²) in [5.41, 5.74) is 1.27. The maximum atomic E-state index is 12.1. The van der Waals surface area contributed by atoms with Gasteiger partial charge in [0.05, 0.1) is 6.42 Å². The normalized spacial score (nSPS) is 18.0. The number of aromatic hydroxyl groups is 1. The molecule has 1 aliphatic rings. The van der Waals surface area contributed by atoms with E-state index in [0.29, 0.717) is 11.3 Å². The number of phenols is 1. The Bertz CT molecular complexity index is 590. The van der Waals surface area contributed by atoms with Crippen LogP contribution in [-0.4, -0.2) is 10.9 Å². The van der Waals surface area contributed by atoms with E-state index in [1.54, 1.807) is 12.1 Å². The van der Waals surface area contributed by atoms with Crippen LogP contribution >= 0.6 is 0 Å². The highest BCUT2D eigenvalue weighted by atomic mass is 16.5. The van der Waals surface area contributed by atoms with Crippen LogP contribution in [0.5, 0.6) is 11.5 Å². The van der Waals surface area contributed by atoms with Crippen molar-refractivity contribution >= 4 is 5.78 Å². The third-order valence-corrected chi connectivity index (χ3v) is 3.09. The molecule has 1 aliphatic heterocycles. The van der Waals surface area contributed by atoms with E-state index < -0.39 is 0 Å². The van der Waals surface area contributed by atoms with E-state index in [1.165, 1.54) is 6.07 Å². The van der Waals surface area contributed by atoms with Gasteiger partial charge in [-0.15, -0.1) is 0 Å². The first-order valence-electron chi connectivity index (χ1n) is 5.82. The summed E-state index contributed by atoms with van der Waals surface area (Å²) in [7, 11) is 0. The van der Waals surface area contributed by atoms with Crippen LogP contribution in [0.15, 0.2) is 48.5 Å². The fourth-order valence-corrected chi connectivity index (χ4v) is 2.22. The molecule has 0 saturated heterocycles. The van der Waals surface area contributed by atoms with Gasteiger partial charge in [0, 0.05) is 0 Å². The van der Waals surface area contributed by atoms with Crippen molar-refractivity contribution in [3.63, 3.8) is 0 Å². The van der Waals surface area contributed by atoms with Crippen molar-refractivity contribution in [2.45, 2.75) is 12.5 Å². The molecule has 2 aromatic carbocycles. The Kier molecular flexibility index (Phi) is 2.52. The average molecular weight is 240 g/mol. The van der Waals surface area contributed by atoms with Crippen LogP contribution in [0.2, 0.25) is 0 Å². The number of phenolic OH excluding ortho intramolecular Hbond substituents is 1. The zero-order valence-electron chi connectivity index (χ0n) is 9.67. The summed E-state index contributed by atoms with van der Waals surface area (Å²) >= 11 is 0. The number of carbonyl (C=O) groups excluding carboxylic acids is 1. The Balaban J connectivity index is 2.00. The predicted molar refractivity (Wildman–Crippen MR) is 66.9 cm³/mol. The molecule has 0 bridgehead atoms. The van der Waals surface area contributed by atoms with Crippen LogP contribution in [0, 0.1) is 0 Å². The molecule has 90 valence electrons. The molecule has 18 heavy (non-hydrogen) atoms. The number of hydrogen-bond donors (Lipinski definition) is 1. The van der Waals surface area contributed by atoms with E-state index in [0.717, 1.165) is 5.56 Å². The quantitative estimate of drug-likeness (QED) is 0.833. The molecule has 2 aromatic rings. The lowest BCUT2D eigenvalue weighted by atomic mass is 9.96. The summed E-state index contributed by atoms with van der Waals surface area (Å²) < 4.78 is 5.79. The third kappa shape index (κ3) is 1.74. The van der Waals surface area contributed by atoms with Crippen molar-refractivity contribution in [1.29, 1.82) is 0 Å². The summed E-state index contributed by atoms with van der Waals surface area (Å²) in [6.07, 6.45) is -0.0119. The lowest BCUT2D eigenvalue weighted by Gasteiger charge is -2.25. The van der Waals surface area contributed by atoms with Crippen molar-refractivity contribution in [2.75, 3.05) is 0 Å². The van der Waals surface area contributed by atoms with Gasteiger partial charge in [-0.1, -0.05) is 36.4 Å². The monoisotopic (exact) mass is 240 g/mol. The number of hydrogen-bond acceptors (Lipinski definition) is 3. The molecule has 1 N–H and O–H groups in total. The predicted octanol–water partition coefficient (Wildman–Crippen LogP) is 3.10. The van der Waals surface area contributed by atoms with Crippen LogP contribution in [0.1, 0.15) is 28.4 Å². The van der Waals surface area contributed by atoms with Gasteiger partial charge in [0.1, 0.15) is 23.2 Å². The zero-order valence-corrected chi connectivity index (χ0v) is 9.67. The Morgan fingerprint density at radius 1 is 1.06 bits per heavy atom. The van der Waals surface area contributed by atoms with Crippen molar-refractivity contribution in [3.8, 4) is 11.5 Å². The summed E-state index contributed by atoms with van der Waals surface area (Å²) in [5.74, 6) is 0.368. The largest absolute Gasteiger partial charge is 0.507 e. The molecule has 3 rings (SSSR count). The SMILES string of the molecule is O=C1C[C@H](c2ccccc2)Oc2cccc(O)c21. The zero-order chi connectivity index (χ0) is 12.5. The third-order valence-electron chi connectivity index (χ3n) is 3.09. The fourth-order valence-electron chi connectivity index (χ4n) is 2.22. The molecule has 0 aliphatic carbocycles. The molecule has 3 heteroatoms. The van der Waals surface area contributed by atoms with Gasteiger partial charge >= 0.3 is 0 Å². The minimum absolute atomic E-state index is 0.0102. The maximum absolute atomic E-state index is 12.1. The second kappa shape index (κ2) is 4.18. The Hall–Kier alpha value is -2.29. The van der Waals surface area contributed by atoms with Gasteiger partial charge in [0.2, 0.25) is 0 Å². The molecular formula is C15H12O3. The van der Waals surface area contributed by atoms with Gasteiger partial charge in [0.15, 0.2) is 5.78 Å². The summed E-state index contributed by atoms with van der Waals surface area (Å²) in [5, 5.41) is 9.68. The Labute approximate surface area is 105 Å². The van der Waals surface area contributed by atoms with Gasteiger partial charge < -0.3 is 9.84 Å². The first-order valence-corrected chi connectivity index (χ1v) is 5.82. The number of ether oxygens (including phenoxy) is 1. The first-order chi connectivity index (χ1) is 8.75. The topological polar surface area (TPSA) is 46.5 Å². The molecule has 0 radical (unpaired) electrons. The van der Waals surface area contributed by atoms with Crippen molar-refractivity contribution in [1.82, 2.24) is 0 Å². The highest BCUT2D eigenvalue weighted by molar-refractivity contribution is 6.02. The molecule has 0 aromatic heterocycles. The highest BCUT2D eigenvalue weighted by Crippen LogP contribution is 2.38. The van der Waals surface area contributed by atoms with Crippen LogP contribution in [-0.2, 0) is 0 Å². The summed E-state index contributed by atoms with van der Waals surface area (Å²) in [6, 6.07) is 14.5. The molecule has 0 saturated carbocycles. The molecule has 3 nitrogen and oxygen atoms in total. The van der Waals surface area contributed by atoms with Gasteiger partial charge in [-0.25, -0.2) is 0 Å². The minimum Gasteiger partial charge on any atom is -0.507 e. The van der Waals surface area contributed by atoms with Crippen molar-refractivity contribution in [2.24, 2.45) is 0 Å². The Morgan fingerprint density at radius 2 is 1.83 bits per heavy atom. The number of benzene rings is 2. The van der Waals surface area contributed by atoms with Gasteiger partial charge in [-0.2, -0.15) is 0 Å². The van der Waals surface area contributed by atoms with E-state index in [-0.39, 0.29) is 24.1 Å². The molecule has 0 fully saturated rings. The first kappa shape index (κ1) is 10.8. The van der Waals surface area contributed by atoms with Gasteiger partial charge in [-0.05, 0) is 17.7 Å². The Morgan fingerprint density at radius 3 is 2.61 bits per heavy atom. The van der Waals surface area contributed by atoms with Gasteiger partial charge in [-0.3, -0.25) is 4.79 Å². The summed E-state index contributed by atoms with van der Waals surface area (Å²) in [6.45, 7) is 0. The van der Waals surface area contributed by atoms with Gasteiger partial charge in [0.25, 0.3) is 0 Å². The molecule has 0 amide bonds. The number of carbonyl (C=O) groups is 1. The molecular weight excluding hydrogens is 228 g/mol. The average Bonchev–Trinajstić information content (AvgIpc) is 2.39. The molecule has 0 unspecified atom stereocenters. The number of rotatable bonds is 1. The van der Waals surface area contributed by atoms with Crippen LogP contribution in [0.3, 0.4) is 0 Å². The number of Topliss-reactive ketones (excluding diaryl/α,β-unsaturated/α-hetero) is 1. The molecule has 0 spiro atoms. The molecule has 1 atom stereocenters. The standard InChI is InChI=1S/C15H12O3/c16-11-7-4-8-13-15(11)12(17)9-14(18-13)10-5-2-1-3-6-10/h1-8,14,16H,9H2/t14-/m1/s1. The summed E-state index contributed by atoms with van der Waals surface area (Å²) in [4.78, 5) is 12.1. The van der Waals surface area contributed by atoms with E-state index in [2.05, 4.69) is 0 Å². The van der Waals surface area contributed by atoms with E-state index in [1.807, 2.05) is 30.3 Å². The van der Waals surface area contributed by atoms with Crippen molar-refractivity contribution < 1.29 is 14.6 Å².